The van der Waals surface area contributed by atoms with Gasteiger partial charge in [-0.05, 0) is 47.3 Å². The van der Waals surface area contributed by atoms with Crippen LogP contribution in [0, 0.1) is 12.7 Å². The lowest BCUT2D eigenvalue weighted by Crippen LogP contribution is -1.95. The normalized spacial score (nSPS) is 10.7. The van der Waals surface area contributed by atoms with E-state index in [-0.39, 0.29) is 5.82 Å². The van der Waals surface area contributed by atoms with Crippen molar-refractivity contribution in [2.24, 2.45) is 0 Å². The molecule has 2 rings (SSSR count). The van der Waals surface area contributed by atoms with Gasteiger partial charge in [0.05, 0.1) is 0 Å². The van der Waals surface area contributed by atoms with Crippen molar-refractivity contribution in [3.8, 4) is 0 Å². The number of nitrogens with zero attached hydrogens (tertiary/aromatic N) is 1. The van der Waals surface area contributed by atoms with E-state index in [1.54, 1.807) is 6.07 Å². The Bertz CT molecular complexity index is 494. The van der Waals surface area contributed by atoms with Crippen LogP contribution >= 0.6 is 15.9 Å². The summed E-state index contributed by atoms with van der Waals surface area (Å²) in [5, 5.41) is 0. The Morgan fingerprint density at radius 3 is 2.69 bits per heavy atom. The smallest absolute Gasteiger partial charge is 0.127 e. The standard InChI is InChI=1S/C12H12BrFN2/c1-8-15-11(12(13)16-8)7-6-9-4-2-3-5-10(9)14/h2-5H,6-7H2,1H3,(H,15,16). The molecule has 0 saturated carbocycles. The van der Waals surface area contributed by atoms with Crippen LogP contribution in [0.15, 0.2) is 28.9 Å². The number of H-pyrrole nitrogens is 1. The van der Waals surface area contributed by atoms with Crippen LogP contribution in [-0.2, 0) is 12.8 Å². The molecule has 1 aromatic heterocycles. The first-order valence-corrected chi connectivity index (χ1v) is 5.90. The monoisotopic (exact) mass is 282 g/mol. The Hall–Kier alpha value is -1.16. The molecule has 0 fully saturated rings. The van der Waals surface area contributed by atoms with Crippen molar-refractivity contribution < 1.29 is 4.39 Å². The van der Waals surface area contributed by atoms with E-state index in [1.807, 2.05) is 19.1 Å². The average molecular weight is 283 g/mol. The first-order valence-electron chi connectivity index (χ1n) is 5.11. The molecule has 16 heavy (non-hydrogen) atoms. The van der Waals surface area contributed by atoms with Gasteiger partial charge in [0.2, 0.25) is 0 Å². The van der Waals surface area contributed by atoms with Crippen molar-refractivity contribution in [1.82, 2.24) is 9.97 Å². The molecule has 2 aromatic rings. The van der Waals surface area contributed by atoms with E-state index < -0.39 is 0 Å². The van der Waals surface area contributed by atoms with Crippen molar-refractivity contribution in [3.05, 3.63) is 51.8 Å². The fraction of sp³-hybridized carbons (Fsp3) is 0.250. The zero-order valence-electron chi connectivity index (χ0n) is 8.93. The van der Waals surface area contributed by atoms with Gasteiger partial charge in [0.15, 0.2) is 0 Å². The Morgan fingerprint density at radius 2 is 2.06 bits per heavy atom. The molecule has 1 N–H and O–H groups in total. The maximum absolute atomic E-state index is 13.4. The molecule has 0 amide bonds. The highest BCUT2D eigenvalue weighted by atomic mass is 79.9. The van der Waals surface area contributed by atoms with Crippen molar-refractivity contribution in [1.29, 1.82) is 0 Å². The summed E-state index contributed by atoms with van der Waals surface area (Å²) in [4.78, 5) is 7.37. The van der Waals surface area contributed by atoms with Crippen LogP contribution in [0.4, 0.5) is 4.39 Å². The van der Waals surface area contributed by atoms with Crippen LogP contribution in [0.25, 0.3) is 0 Å². The number of halogens is 2. The molecule has 0 unspecified atom stereocenters. The van der Waals surface area contributed by atoms with E-state index in [4.69, 9.17) is 0 Å². The molecule has 1 heterocycles. The van der Waals surface area contributed by atoms with Gasteiger partial charge in [-0.1, -0.05) is 18.2 Å². The minimum absolute atomic E-state index is 0.144. The summed E-state index contributed by atoms with van der Waals surface area (Å²) < 4.78 is 14.2. The van der Waals surface area contributed by atoms with Gasteiger partial charge < -0.3 is 4.98 Å². The van der Waals surface area contributed by atoms with E-state index in [9.17, 15) is 4.39 Å². The van der Waals surface area contributed by atoms with Gasteiger partial charge in [0.1, 0.15) is 16.2 Å². The minimum atomic E-state index is -0.144. The van der Waals surface area contributed by atoms with Crippen molar-refractivity contribution in [3.63, 3.8) is 0 Å². The zero-order valence-corrected chi connectivity index (χ0v) is 10.5. The summed E-state index contributed by atoms with van der Waals surface area (Å²) in [5.41, 5.74) is 1.75. The molecular formula is C12H12BrFN2. The third-order valence-electron chi connectivity index (χ3n) is 2.45. The molecule has 0 aliphatic heterocycles. The fourth-order valence-corrected chi connectivity index (χ4v) is 2.20. The second kappa shape index (κ2) is 4.78. The highest BCUT2D eigenvalue weighted by molar-refractivity contribution is 9.10. The third-order valence-corrected chi connectivity index (χ3v) is 3.10. The highest BCUT2D eigenvalue weighted by Crippen LogP contribution is 2.16. The van der Waals surface area contributed by atoms with Gasteiger partial charge in [0.25, 0.3) is 0 Å². The number of benzene rings is 1. The largest absolute Gasteiger partial charge is 0.345 e. The lowest BCUT2D eigenvalue weighted by molar-refractivity contribution is 0.608. The molecule has 2 nitrogen and oxygen atoms in total. The number of aromatic amines is 1. The molecule has 0 aliphatic carbocycles. The number of imidazole rings is 1. The predicted octanol–water partition coefficient (Wildman–Crippen LogP) is 3.40. The van der Waals surface area contributed by atoms with Gasteiger partial charge in [-0.3, -0.25) is 0 Å². The lowest BCUT2D eigenvalue weighted by Gasteiger charge is -2.01. The number of aromatic nitrogens is 2. The molecule has 84 valence electrons. The van der Waals surface area contributed by atoms with Gasteiger partial charge in [-0.2, -0.15) is 0 Å². The average Bonchev–Trinajstić information content (AvgIpc) is 2.56. The van der Waals surface area contributed by atoms with Gasteiger partial charge in [-0.25, -0.2) is 9.37 Å². The second-order valence-corrected chi connectivity index (χ2v) is 4.43. The number of hydrogen-bond acceptors (Lipinski definition) is 1. The van der Waals surface area contributed by atoms with Crippen molar-refractivity contribution >= 4 is 15.9 Å². The summed E-state index contributed by atoms with van der Waals surface area (Å²) in [6.07, 6.45) is 1.43. The topological polar surface area (TPSA) is 28.7 Å². The maximum Gasteiger partial charge on any atom is 0.127 e. The van der Waals surface area contributed by atoms with Crippen molar-refractivity contribution in [2.75, 3.05) is 0 Å². The first kappa shape index (κ1) is 11.3. The summed E-state index contributed by atoms with van der Waals surface area (Å²) in [6, 6.07) is 6.86. The van der Waals surface area contributed by atoms with E-state index in [0.29, 0.717) is 6.42 Å². The Balaban J connectivity index is 2.08. The summed E-state index contributed by atoms with van der Waals surface area (Å²) in [6.45, 7) is 1.90. The van der Waals surface area contributed by atoms with Crippen LogP contribution in [0.5, 0.6) is 0 Å². The number of nitrogens with one attached hydrogen (secondary N) is 1. The van der Waals surface area contributed by atoms with Gasteiger partial charge >= 0.3 is 0 Å². The van der Waals surface area contributed by atoms with E-state index in [2.05, 4.69) is 25.9 Å². The molecule has 4 heteroatoms. The van der Waals surface area contributed by atoms with E-state index >= 15 is 0 Å². The van der Waals surface area contributed by atoms with Crippen molar-refractivity contribution in [2.45, 2.75) is 19.8 Å². The molecule has 0 aliphatic rings. The molecular weight excluding hydrogens is 271 g/mol. The lowest BCUT2D eigenvalue weighted by atomic mass is 10.1. The third kappa shape index (κ3) is 2.50. The molecule has 0 atom stereocenters. The SMILES string of the molecule is Cc1nc(Br)c(CCc2ccccc2F)[nH]1. The van der Waals surface area contributed by atoms with Gasteiger partial charge in [0, 0.05) is 5.69 Å². The van der Waals surface area contributed by atoms with Crippen LogP contribution < -0.4 is 0 Å². The summed E-state index contributed by atoms with van der Waals surface area (Å²) >= 11 is 3.37. The number of hydrogen-bond donors (Lipinski definition) is 1. The molecule has 0 bridgehead atoms. The number of rotatable bonds is 3. The molecule has 0 radical (unpaired) electrons. The van der Waals surface area contributed by atoms with Gasteiger partial charge in [-0.15, -0.1) is 0 Å². The maximum atomic E-state index is 13.4. The summed E-state index contributed by atoms with van der Waals surface area (Å²) in [7, 11) is 0. The fourth-order valence-electron chi connectivity index (χ4n) is 1.64. The molecule has 0 saturated heterocycles. The van der Waals surface area contributed by atoms with Crippen LogP contribution in [0.3, 0.4) is 0 Å². The van der Waals surface area contributed by atoms with E-state index in [1.165, 1.54) is 6.07 Å². The second-order valence-electron chi connectivity index (χ2n) is 3.68. The first-order chi connectivity index (χ1) is 7.66. The molecule has 0 spiro atoms. The van der Waals surface area contributed by atoms with E-state index in [0.717, 1.165) is 28.1 Å². The number of aryl methyl sites for hydroxylation is 3. The quantitative estimate of drug-likeness (QED) is 0.918. The zero-order chi connectivity index (χ0) is 11.5. The van der Waals surface area contributed by atoms with Crippen LogP contribution in [-0.4, -0.2) is 9.97 Å². The Kier molecular flexibility index (Phi) is 3.39. The van der Waals surface area contributed by atoms with Crippen LogP contribution in [0.1, 0.15) is 17.1 Å². The highest BCUT2D eigenvalue weighted by Gasteiger charge is 2.07. The minimum Gasteiger partial charge on any atom is -0.345 e. The summed E-state index contributed by atoms with van der Waals surface area (Å²) in [5.74, 6) is 0.727. The Labute approximate surface area is 102 Å². The predicted molar refractivity (Wildman–Crippen MR) is 64.8 cm³/mol. The molecule has 1 aromatic carbocycles. The van der Waals surface area contributed by atoms with Crippen LogP contribution in [0.2, 0.25) is 0 Å². The Morgan fingerprint density at radius 1 is 1.31 bits per heavy atom.